The molecule has 0 aliphatic heterocycles. The van der Waals surface area contributed by atoms with Crippen molar-refractivity contribution >= 4 is 5.78 Å². The predicted octanol–water partition coefficient (Wildman–Crippen LogP) is 1.84. The Labute approximate surface area is 89.0 Å². The molecule has 15 heavy (non-hydrogen) atoms. The third kappa shape index (κ3) is 3.95. The van der Waals surface area contributed by atoms with E-state index in [2.05, 4.69) is 4.74 Å². The highest BCUT2D eigenvalue weighted by molar-refractivity contribution is 5.89. The van der Waals surface area contributed by atoms with Gasteiger partial charge in [0.05, 0.1) is 19.5 Å². The number of carbonyl (C=O) groups is 1. The van der Waals surface area contributed by atoms with E-state index in [1.165, 1.54) is 19.4 Å². The maximum absolute atomic E-state index is 11.3. The number of carbonyl (C=O) groups excluding carboxylic acids is 1. The monoisotopic (exact) mass is 206 g/mol. The topological polar surface area (TPSA) is 46.5 Å². The molecule has 0 aromatic heterocycles. The molecule has 3 heteroatoms. The molecule has 0 aliphatic rings. The number of aliphatic hydroxyl groups is 1. The smallest absolute Gasteiger partial charge is 0.161 e. The molecule has 1 rings (SSSR count). The van der Waals surface area contributed by atoms with Gasteiger partial charge in [0, 0.05) is 12.5 Å². The second-order valence-electron chi connectivity index (χ2n) is 3.14. The summed E-state index contributed by atoms with van der Waals surface area (Å²) in [6, 6.07) is 9.10. The van der Waals surface area contributed by atoms with Crippen LogP contribution in [-0.2, 0) is 9.53 Å². The summed E-state index contributed by atoms with van der Waals surface area (Å²) in [7, 11) is 1.47. The van der Waals surface area contributed by atoms with Crippen molar-refractivity contribution in [2.45, 2.75) is 12.5 Å². The van der Waals surface area contributed by atoms with E-state index >= 15 is 0 Å². The fourth-order valence-corrected chi connectivity index (χ4v) is 1.20. The first-order valence-electron chi connectivity index (χ1n) is 4.69. The number of rotatable bonds is 5. The number of hydrogen-bond donors (Lipinski definition) is 1. The molecule has 0 aliphatic carbocycles. The highest BCUT2D eigenvalue weighted by atomic mass is 16.5. The molecule has 0 bridgehead atoms. The van der Waals surface area contributed by atoms with Gasteiger partial charge in [-0.25, -0.2) is 0 Å². The molecule has 0 spiro atoms. The Balaban J connectivity index is 2.53. The molecule has 1 aromatic carbocycles. The molecule has 1 N–H and O–H groups in total. The highest BCUT2D eigenvalue weighted by Crippen LogP contribution is 2.16. The Bertz CT molecular complexity index is 330. The second-order valence-corrected chi connectivity index (χ2v) is 3.14. The van der Waals surface area contributed by atoms with Crippen LogP contribution in [0.25, 0.3) is 0 Å². The van der Waals surface area contributed by atoms with Crippen LogP contribution in [-0.4, -0.2) is 18.0 Å². The third-order valence-electron chi connectivity index (χ3n) is 1.97. The van der Waals surface area contributed by atoms with Crippen molar-refractivity contribution < 1.29 is 14.6 Å². The van der Waals surface area contributed by atoms with Gasteiger partial charge in [-0.3, -0.25) is 4.79 Å². The van der Waals surface area contributed by atoms with Crippen LogP contribution in [0, 0.1) is 0 Å². The quantitative estimate of drug-likeness (QED) is 0.590. The van der Waals surface area contributed by atoms with Gasteiger partial charge in [0.15, 0.2) is 5.78 Å². The van der Waals surface area contributed by atoms with Crippen LogP contribution in [0.5, 0.6) is 0 Å². The van der Waals surface area contributed by atoms with Gasteiger partial charge in [-0.1, -0.05) is 30.3 Å². The summed E-state index contributed by atoms with van der Waals surface area (Å²) < 4.78 is 4.62. The number of methoxy groups -OCH3 is 1. The van der Waals surface area contributed by atoms with Crippen LogP contribution in [0.1, 0.15) is 18.1 Å². The summed E-state index contributed by atoms with van der Waals surface area (Å²) in [6.07, 6.45) is 1.94. The second kappa shape index (κ2) is 5.98. The van der Waals surface area contributed by atoms with E-state index in [1.807, 2.05) is 18.2 Å². The fourth-order valence-electron chi connectivity index (χ4n) is 1.20. The van der Waals surface area contributed by atoms with E-state index < -0.39 is 6.10 Å². The van der Waals surface area contributed by atoms with Crippen LogP contribution in [0.4, 0.5) is 0 Å². The maximum atomic E-state index is 11.3. The predicted molar refractivity (Wildman–Crippen MR) is 57.2 cm³/mol. The molecule has 0 fully saturated rings. The van der Waals surface area contributed by atoms with E-state index in [0.29, 0.717) is 0 Å². The Morgan fingerprint density at radius 2 is 2.13 bits per heavy atom. The minimum atomic E-state index is -0.750. The van der Waals surface area contributed by atoms with Gasteiger partial charge in [0.25, 0.3) is 0 Å². The Hall–Kier alpha value is -1.61. The summed E-state index contributed by atoms with van der Waals surface area (Å²) in [4.78, 5) is 11.3. The van der Waals surface area contributed by atoms with E-state index in [0.717, 1.165) is 5.56 Å². The number of benzene rings is 1. The highest BCUT2D eigenvalue weighted by Gasteiger charge is 2.10. The molecule has 80 valence electrons. The fraction of sp³-hybridized carbons (Fsp3) is 0.250. The molecular weight excluding hydrogens is 192 g/mol. The molecule has 1 unspecified atom stereocenters. The molecule has 0 saturated heterocycles. The van der Waals surface area contributed by atoms with Crippen molar-refractivity contribution in [2.75, 3.05) is 7.11 Å². The molecular formula is C12H14O3. The Kier molecular flexibility index (Phi) is 4.57. The normalized spacial score (nSPS) is 12.7. The molecule has 0 amide bonds. The lowest BCUT2D eigenvalue weighted by Gasteiger charge is -2.07. The first-order chi connectivity index (χ1) is 7.24. The molecule has 3 nitrogen and oxygen atoms in total. The van der Waals surface area contributed by atoms with Gasteiger partial charge in [0.2, 0.25) is 0 Å². The summed E-state index contributed by atoms with van der Waals surface area (Å²) in [5, 5.41) is 9.69. The van der Waals surface area contributed by atoms with Crippen LogP contribution in [0.15, 0.2) is 42.7 Å². The summed E-state index contributed by atoms with van der Waals surface area (Å²) in [6.45, 7) is 0. The lowest BCUT2D eigenvalue weighted by molar-refractivity contribution is -0.116. The lowest BCUT2D eigenvalue weighted by Crippen LogP contribution is -2.04. The van der Waals surface area contributed by atoms with Gasteiger partial charge in [-0.2, -0.15) is 0 Å². The maximum Gasteiger partial charge on any atom is 0.161 e. The van der Waals surface area contributed by atoms with Crippen LogP contribution >= 0.6 is 0 Å². The zero-order valence-electron chi connectivity index (χ0n) is 8.59. The van der Waals surface area contributed by atoms with Gasteiger partial charge < -0.3 is 9.84 Å². The van der Waals surface area contributed by atoms with E-state index in [9.17, 15) is 9.90 Å². The zero-order valence-corrected chi connectivity index (χ0v) is 8.59. The largest absolute Gasteiger partial charge is 0.504 e. The van der Waals surface area contributed by atoms with E-state index in [-0.39, 0.29) is 12.2 Å². The van der Waals surface area contributed by atoms with Crippen LogP contribution in [0.2, 0.25) is 0 Å². The Morgan fingerprint density at radius 1 is 1.47 bits per heavy atom. The lowest BCUT2D eigenvalue weighted by atomic mass is 10.0. The molecule has 1 aromatic rings. The standard InChI is InChI=1S/C12H14O3/c1-15-8-7-11(13)9-12(14)10-5-3-2-4-6-10/h2-8,12,14H,9H2,1H3/b8-7+. The number of ketones is 1. The molecule has 0 radical (unpaired) electrons. The van der Waals surface area contributed by atoms with Gasteiger partial charge in [-0.15, -0.1) is 0 Å². The number of ether oxygens (including phenoxy) is 1. The summed E-state index contributed by atoms with van der Waals surface area (Å²) >= 11 is 0. The van der Waals surface area contributed by atoms with Crippen molar-refractivity contribution in [2.24, 2.45) is 0 Å². The third-order valence-corrected chi connectivity index (χ3v) is 1.97. The summed E-state index contributed by atoms with van der Waals surface area (Å²) in [5.41, 5.74) is 0.747. The van der Waals surface area contributed by atoms with Gasteiger partial charge in [0.1, 0.15) is 0 Å². The molecule has 0 saturated carbocycles. The number of aliphatic hydroxyl groups excluding tert-OH is 1. The van der Waals surface area contributed by atoms with Crippen LogP contribution < -0.4 is 0 Å². The molecule has 0 heterocycles. The zero-order chi connectivity index (χ0) is 11.1. The average Bonchev–Trinajstić information content (AvgIpc) is 2.27. The number of allylic oxidation sites excluding steroid dienone is 1. The first-order valence-corrected chi connectivity index (χ1v) is 4.69. The minimum absolute atomic E-state index is 0.0733. The Morgan fingerprint density at radius 3 is 2.73 bits per heavy atom. The average molecular weight is 206 g/mol. The van der Waals surface area contributed by atoms with E-state index in [1.54, 1.807) is 12.1 Å². The SMILES string of the molecule is CO/C=C/C(=O)CC(O)c1ccccc1. The number of hydrogen-bond acceptors (Lipinski definition) is 3. The van der Waals surface area contributed by atoms with Crippen molar-refractivity contribution in [1.82, 2.24) is 0 Å². The summed E-state index contributed by atoms with van der Waals surface area (Å²) in [5.74, 6) is -0.159. The first kappa shape index (κ1) is 11.5. The van der Waals surface area contributed by atoms with E-state index in [4.69, 9.17) is 0 Å². The van der Waals surface area contributed by atoms with Crippen molar-refractivity contribution in [3.8, 4) is 0 Å². The van der Waals surface area contributed by atoms with Crippen molar-refractivity contribution in [3.63, 3.8) is 0 Å². The minimum Gasteiger partial charge on any atom is -0.504 e. The molecule has 1 atom stereocenters. The van der Waals surface area contributed by atoms with Crippen molar-refractivity contribution in [1.29, 1.82) is 0 Å². The van der Waals surface area contributed by atoms with Crippen LogP contribution in [0.3, 0.4) is 0 Å². The van der Waals surface area contributed by atoms with Gasteiger partial charge in [-0.05, 0) is 5.56 Å². The van der Waals surface area contributed by atoms with Gasteiger partial charge >= 0.3 is 0 Å². The van der Waals surface area contributed by atoms with Crippen molar-refractivity contribution in [3.05, 3.63) is 48.2 Å².